The summed E-state index contributed by atoms with van der Waals surface area (Å²) in [6.07, 6.45) is 1.96. The topological polar surface area (TPSA) is 68.3 Å². The fraction of sp³-hybridized carbons (Fsp3) is 0.190. The normalized spacial score (nSPS) is 11.7. The van der Waals surface area contributed by atoms with Gasteiger partial charge in [-0.2, -0.15) is 0 Å². The van der Waals surface area contributed by atoms with Gasteiger partial charge >= 0.3 is 5.97 Å². The van der Waals surface area contributed by atoms with E-state index in [0.29, 0.717) is 12.0 Å². The fourth-order valence-electron chi connectivity index (χ4n) is 2.59. The molecule has 1 unspecified atom stereocenters. The summed E-state index contributed by atoms with van der Waals surface area (Å²) in [6.45, 7) is 2.01. The van der Waals surface area contributed by atoms with Crippen LogP contribution >= 0.6 is 0 Å². The third-order valence-corrected chi connectivity index (χ3v) is 4.07. The number of ether oxygens (including phenoxy) is 1. The highest BCUT2D eigenvalue weighted by atomic mass is 16.5. The number of carbonyl (C=O) groups excluding carboxylic acids is 2. The minimum Gasteiger partial charge on any atom is -0.459 e. The van der Waals surface area contributed by atoms with Gasteiger partial charge in [-0.3, -0.25) is 9.78 Å². The molecule has 5 heteroatoms. The quantitative estimate of drug-likeness (QED) is 0.693. The third kappa shape index (κ3) is 4.25. The molecule has 0 aliphatic rings. The van der Waals surface area contributed by atoms with Crippen molar-refractivity contribution in [2.45, 2.75) is 26.0 Å². The Morgan fingerprint density at radius 1 is 1.08 bits per heavy atom. The van der Waals surface area contributed by atoms with Crippen LogP contribution in [0.2, 0.25) is 0 Å². The van der Waals surface area contributed by atoms with Gasteiger partial charge in [0.2, 0.25) is 0 Å². The molecule has 1 aromatic heterocycles. The second-order valence-electron chi connectivity index (χ2n) is 5.94. The van der Waals surface area contributed by atoms with Gasteiger partial charge < -0.3 is 10.1 Å². The van der Waals surface area contributed by atoms with Gasteiger partial charge in [0.25, 0.3) is 5.91 Å². The Morgan fingerprint density at radius 3 is 2.58 bits per heavy atom. The summed E-state index contributed by atoms with van der Waals surface area (Å²) in [6, 6.07) is 18.1. The molecule has 132 valence electrons. The number of esters is 1. The van der Waals surface area contributed by atoms with Crippen molar-refractivity contribution in [1.29, 1.82) is 0 Å². The Kier molecular flexibility index (Phi) is 5.59. The van der Waals surface area contributed by atoms with Gasteiger partial charge in [-0.25, -0.2) is 4.79 Å². The highest BCUT2D eigenvalue weighted by Crippen LogP contribution is 2.13. The number of aromatic nitrogens is 1. The standard InChI is InChI=1S/C21H20N2O3/c1-2-18(21(25)26-14-15-8-4-3-5-9-15)23-20(24)17-12-16-10-6-7-11-19(16)22-13-17/h3-13,18H,2,14H2,1H3,(H,23,24). The molecule has 1 amide bonds. The van der Waals surface area contributed by atoms with Crippen LogP contribution in [-0.2, 0) is 16.1 Å². The lowest BCUT2D eigenvalue weighted by Gasteiger charge is -2.16. The number of hydrogen-bond donors (Lipinski definition) is 1. The lowest BCUT2D eigenvalue weighted by molar-refractivity contribution is -0.147. The first-order chi connectivity index (χ1) is 12.7. The molecule has 0 fully saturated rings. The number of carbonyl (C=O) groups is 2. The average Bonchev–Trinajstić information content (AvgIpc) is 2.70. The lowest BCUT2D eigenvalue weighted by atomic mass is 10.1. The number of benzene rings is 2. The van der Waals surface area contributed by atoms with Gasteiger partial charge in [0, 0.05) is 11.6 Å². The maximum Gasteiger partial charge on any atom is 0.328 e. The zero-order chi connectivity index (χ0) is 18.4. The van der Waals surface area contributed by atoms with Gasteiger partial charge in [0.15, 0.2) is 0 Å². The first kappa shape index (κ1) is 17.6. The summed E-state index contributed by atoms with van der Waals surface area (Å²) in [4.78, 5) is 29.0. The van der Waals surface area contributed by atoms with Crippen molar-refractivity contribution in [1.82, 2.24) is 10.3 Å². The zero-order valence-corrected chi connectivity index (χ0v) is 14.5. The first-order valence-corrected chi connectivity index (χ1v) is 8.53. The summed E-state index contributed by atoms with van der Waals surface area (Å²) in [5.74, 6) is -0.787. The van der Waals surface area contributed by atoms with Gasteiger partial charge in [-0.15, -0.1) is 0 Å². The Morgan fingerprint density at radius 2 is 1.81 bits per heavy atom. The van der Waals surface area contributed by atoms with Gasteiger partial charge in [-0.1, -0.05) is 55.5 Å². The van der Waals surface area contributed by atoms with Gasteiger partial charge in [0.05, 0.1) is 11.1 Å². The zero-order valence-electron chi connectivity index (χ0n) is 14.5. The minimum absolute atomic E-state index is 0.184. The van der Waals surface area contributed by atoms with Crippen LogP contribution < -0.4 is 5.32 Å². The number of nitrogens with one attached hydrogen (secondary N) is 1. The van der Waals surface area contributed by atoms with Crippen molar-refractivity contribution in [3.05, 3.63) is 78.0 Å². The van der Waals surface area contributed by atoms with E-state index in [1.165, 1.54) is 6.20 Å². The molecule has 0 saturated carbocycles. The molecule has 3 rings (SSSR count). The molecular formula is C21H20N2O3. The summed E-state index contributed by atoms with van der Waals surface area (Å²) in [7, 11) is 0. The number of fused-ring (bicyclic) bond motifs is 1. The fourth-order valence-corrected chi connectivity index (χ4v) is 2.59. The monoisotopic (exact) mass is 348 g/mol. The van der Waals surface area contributed by atoms with E-state index >= 15 is 0 Å². The van der Waals surface area contributed by atoms with Crippen LogP contribution in [0.15, 0.2) is 66.9 Å². The SMILES string of the molecule is CCC(NC(=O)c1cnc2ccccc2c1)C(=O)OCc1ccccc1. The molecule has 1 heterocycles. The van der Waals surface area contributed by atoms with Crippen molar-refractivity contribution in [2.24, 2.45) is 0 Å². The van der Waals surface area contributed by atoms with E-state index in [1.807, 2.05) is 61.5 Å². The van der Waals surface area contributed by atoms with Gasteiger partial charge in [0.1, 0.15) is 12.6 Å². The molecule has 5 nitrogen and oxygen atoms in total. The smallest absolute Gasteiger partial charge is 0.328 e. The number of hydrogen-bond acceptors (Lipinski definition) is 4. The Bertz CT molecular complexity index is 909. The number of pyridine rings is 1. The predicted octanol–water partition coefficient (Wildman–Crippen LogP) is 3.49. The summed E-state index contributed by atoms with van der Waals surface area (Å²) >= 11 is 0. The number of para-hydroxylation sites is 1. The molecule has 1 atom stereocenters. The minimum atomic E-state index is -0.697. The molecule has 0 aliphatic heterocycles. The number of amides is 1. The van der Waals surface area contributed by atoms with E-state index in [0.717, 1.165) is 16.5 Å². The maximum absolute atomic E-state index is 12.5. The molecule has 26 heavy (non-hydrogen) atoms. The molecule has 1 N–H and O–H groups in total. The van der Waals surface area contributed by atoms with Crippen LogP contribution in [0.25, 0.3) is 10.9 Å². The van der Waals surface area contributed by atoms with Crippen molar-refractivity contribution < 1.29 is 14.3 Å². The molecule has 0 radical (unpaired) electrons. The van der Waals surface area contributed by atoms with Gasteiger partial charge in [-0.05, 0) is 24.1 Å². The van der Waals surface area contributed by atoms with E-state index < -0.39 is 12.0 Å². The van der Waals surface area contributed by atoms with Crippen LogP contribution in [0, 0.1) is 0 Å². The van der Waals surface area contributed by atoms with Crippen molar-refractivity contribution in [3.8, 4) is 0 Å². The number of rotatable bonds is 6. The Hall–Kier alpha value is -3.21. The van der Waals surface area contributed by atoms with Crippen molar-refractivity contribution in [3.63, 3.8) is 0 Å². The van der Waals surface area contributed by atoms with E-state index in [-0.39, 0.29) is 12.5 Å². The second-order valence-corrected chi connectivity index (χ2v) is 5.94. The summed E-state index contributed by atoms with van der Waals surface area (Å²) < 4.78 is 5.32. The maximum atomic E-state index is 12.5. The Balaban J connectivity index is 1.64. The lowest BCUT2D eigenvalue weighted by Crippen LogP contribution is -2.41. The molecule has 0 aliphatic carbocycles. The summed E-state index contributed by atoms with van der Waals surface area (Å²) in [5.41, 5.74) is 2.14. The molecule has 0 spiro atoms. The van der Waals surface area contributed by atoms with Crippen LogP contribution in [-0.4, -0.2) is 22.9 Å². The molecule has 0 saturated heterocycles. The number of nitrogens with zero attached hydrogens (tertiary/aromatic N) is 1. The van der Waals surface area contributed by atoms with Crippen molar-refractivity contribution in [2.75, 3.05) is 0 Å². The average molecular weight is 348 g/mol. The predicted molar refractivity (Wildman–Crippen MR) is 99.5 cm³/mol. The Labute approximate surface area is 152 Å². The third-order valence-electron chi connectivity index (χ3n) is 4.07. The summed E-state index contributed by atoms with van der Waals surface area (Å²) in [5, 5.41) is 3.61. The van der Waals surface area contributed by atoms with Crippen LogP contribution in [0.3, 0.4) is 0 Å². The molecular weight excluding hydrogens is 328 g/mol. The van der Waals surface area contributed by atoms with E-state index in [9.17, 15) is 9.59 Å². The van der Waals surface area contributed by atoms with Crippen molar-refractivity contribution >= 4 is 22.8 Å². The van der Waals surface area contributed by atoms with E-state index in [1.54, 1.807) is 6.07 Å². The molecule has 2 aromatic carbocycles. The van der Waals surface area contributed by atoms with E-state index in [2.05, 4.69) is 10.3 Å². The van der Waals surface area contributed by atoms with E-state index in [4.69, 9.17) is 4.74 Å². The first-order valence-electron chi connectivity index (χ1n) is 8.53. The highest BCUT2D eigenvalue weighted by Gasteiger charge is 2.21. The largest absolute Gasteiger partial charge is 0.459 e. The highest BCUT2D eigenvalue weighted by molar-refractivity contribution is 5.99. The molecule has 3 aromatic rings. The second kappa shape index (κ2) is 8.25. The van der Waals surface area contributed by atoms with Crippen LogP contribution in [0.1, 0.15) is 29.3 Å². The van der Waals surface area contributed by atoms with Crippen LogP contribution in [0.5, 0.6) is 0 Å². The van der Waals surface area contributed by atoms with Crippen LogP contribution in [0.4, 0.5) is 0 Å². The molecule has 0 bridgehead atoms.